The van der Waals surface area contributed by atoms with Crippen LogP contribution in [-0.2, 0) is 11.2 Å². The van der Waals surface area contributed by atoms with Gasteiger partial charge in [0.15, 0.2) is 11.5 Å². The number of nitrogens with zero attached hydrogens (tertiary/aromatic N) is 7. The SMILES string of the molecule is CCC[C@H](C)Oc1nc(N)c2ncc(Cc3cnc(N4CCN(C(=O)CNC)CC4)c(C)c3)n2n1. The van der Waals surface area contributed by atoms with Gasteiger partial charge in [-0.15, -0.1) is 5.10 Å². The molecule has 0 aromatic carbocycles. The highest BCUT2D eigenvalue weighted by Gasteiger charge is 2.22. The first-order valence-corrected chi connectivity index (χ1v) is 12.2. The molecule has 1 aliphatic heterocycles. The van der Waals surface area contributed by atoms with Gasteiger partial charge in [0.1, 0.15) is 5.82 Å². The van der Waals surface area contributed by atoms with Gasteiger partial charge in [-0.1, -0.05) is 19.4 Å². The molecule has 1 aliphatic rings. The molecule has 0 saturated carbocycles. The van der Waals surface area contributed by atoms with E-state index >= 15 is 0 Å². The number of nitrogen functional groups attached to an aromatic ring is 1. The summed E-state index contributed by atoms with van der Waals surface area (Å²) in [7, 11) is 1.79. The minimum absolute atomic E-state index is 0.00603. The second-order valence-electron chi connectivity index (χ2n) is 9.04. The Kier molecular flexibility index (Phi) is 7.64. The number of likely N-dealkylation sites (N-methyl/N-ethyl adjacent to an activating group) is 1. The smallest absolute Gasteiger partial charge is 0.336 e. The molecule has 1 amide bonds. The molecule has 188 valence electrons. The summed E-state index contributed by atoms with van der Waals surface area (Å²) in [5.74, 6) is 1.39. The average molecular weight is 482 g/mol. The molecule has 0 unspecified atom stereocenters. The molecular formula is C24H35N9O2. The van der Waals surface area contributed by atoms with Crippen molar-refractivity contribution in [3.63, 3.8) is 0 Å². The Balaban J connectivity index is 1.47. The van der Waals surface area contributed by atoms with Gasteiger partial charge >= 0.3 is 6.01 Å². The molecule has 35 heavy (non-hydrogen) atoms. The molecular weight excluding hydrogens is 446 g/mol. The van der Waals surface area contributed by atoms with Gasteiger partial charge in [-0.2, -0.15) is 4.98 Å². The zero-order chi connectivity index (χ0) is 24.9. The van der Waals surface area contributed by atoms with Crippen molar-refractivity contribution in [3.05, 3.63) is 35.3 Å². The normalized spacial score (nSPS) is 15.0. The van der Waals surface area contributed by atoms with Crippen LogP contribution < -0.4 is 20.7 Å². The maximum Gasteiger partial charge on any atom is 0.336 e. The Morgan fingerprint density at radius 2 is 2.00 bits per heavy atom. The van der Waals surface area contributed by atoms with E-state index in [0.29, 0.717) is 37.5 Å². The van der Waals surface area contributed by atoms with Crippen LogP contribution in [0.25, 0.3) is 5.65 Å². The number of rotatable bonds is 9. The van der Waals surface area contributed by atoms with Gasteiger partial charge < -0.3 is 25.6 Å². The van der Waals surface area contributed by atoms with E-state index in [1.165, 1.54) is 0 Å². The zero-order valence-corrected chi connectivity index (χ0v) is 21.0. The molecule has 11 heteroatoms. The van der Waals surface area contributed by atoms with E-state index in [4.69, 9.17) is 15.5 Å². The monoisotopic (exact) mass is 481 g/mol. The molecule has 0 bridgehead atoms. The zero-order valence-electron chi connectivity index (χ0n) is 21.0. The summed E-state index contributed by atoms with van der Waals surface area (Å²) in [6.07, 6.45) is 6.20. The molecule has 0 aliphatic carbocycles. The summed E-state index contributed by atoms with van der Waals surface area (Å²) >= 11 is 0. The molecule has 0 radical (unpaired) electrons. The topological polar surface area (TPSA) is 127 Å². The molecule has 4 rings (SSSR count). The van der Waals surface area contributed by atoms with Crippen molar-refractivity contribution in [2.75, 3.05) is 50.4 Å². The summed E-state index contributed by atoms with van der Waals surface area (Å²) in [6.45, 7) is 9.49. The van der Waals surface area contributed by atoms with E-state index in [0.717, 1.165) is 48.6 Å². The summed E-state index contributed by atoms with van der Waals surface area (Å²) in [6, 6.07) is 2.40. The minimum Gasteiger partial charge on any atom is -0.459 e. The Morgan fingerprint density at radius 3 is 2.69 bits per heavy atom. The number of pyridine rings is 1. The van der Waals surface area contributed by atoms with E-state index < -0.39 is 0 Å². The van der Waals surface area contributed by atoms with Crippen LogP contribution in [0, 0.1) is 6.92 Å². The molecule has 3 aromatic rings. The number of fused-ring (bicyclic) bond motifs is 1. The lowest BCUT2D eigenvalue weighted by atomic mass is 10.1. The van der Waals surface area contributed by atoms with Crippen molar-refractivity contribution in [3.8, 4) is 6.01 Å². The second kappa shape index (κ2) is 10.9. The number of carbonyl (C=O) groups excluding carboxylic acids is 1. The highest BCUT2D eigenvalue weighted by atomic mass is 16.5. The Morgan fingerprint density at radius 1 is 1.23 bits per heavy atom. The third-order valence-electron chi connectivity index (χ3n) is 6.19. The fourth-order valence-corrected chi connectivity index (χ4v) is 4.44. The van der Waals surface area contributed by atoms with Crippen molar-refractivity contribution in [1.82, 2.24) is 34.8 Å². The number of hydrogen-bond donors (Lipinski definition) is 2. The highest BCUT2D eigenvalue weighted by molar-refractivity contribution is 5.78. The van der Waals surface area contributed by atoms with Gasteiger partial charge in [0, 0.05) is 38.8 Å². The van der Waals surface area contributed by atoms with Crippen LogP contribution in [0.4, 0.5) is 11.6 Å². The second-order valence-corrected chi connectivity index (χ2v) is 9.04. The van der Waals surface area contributed by atoms with Gasteiger partial charge in [-0.05, 0) is 38.4 Å². The predicted octanol–water partition coefficient (Wildman–Crippen LogP) is 1.44. The number of ether oxygens (including phenoxy) is 1. The molecule has 1 saturated heterocycles. The number of imidazole rings is 1. The number of aryl methyl sites for hydroxylation is 1. The first-order valence-electron chi connectivity index (χ1n) is 12.2. The number of nitrogens with two attached hydrogens (primary N) is 1. The van der Waals surface area contributed by atoms with E-state index in [1.54, 1.807) is 17.8 Å². The van der Waals surface area contributed by atoms with E-state index in [1.807, 2.05) is 18.0 Å². The summed E-state index contributed by atoms with van der Waals surface area (Å²) in [5, 5.41) is 7.46. The molecule has 0 spiro atoms. The van der Waals surface area contributed by atoms with Gasteiger partial charge in [0.05, 0.1) is 24.5 Å². The predicted molar refractivity (Wildman–Crippen MR) is 135 cm³/mol. The first kappa shape index (κ1) is 24.6. The fraction of sp³-hybridized carbons (Fsp3) is 0.542. The van der Waals surface area contributed by atoms with Crippen LogP contribution in [0.1, 0.15) is 43.5 Å². The Labute approximate surface area is 205 Å². The maximum atomic E-state index is 12.1. The van der Waals surface area contributed by atoms with Crippen LogP contribution in [0.2, 0.25) is 0 Å². The number of amides is 1. The standard InChI is InChI=1S/C24H35N9O2/c1-5-6-17(3)35-24-29-21(25)23-28-14-19(33(23)30-24)12-18-11-16(2)22(27-13-18)32-9-7-31(8-10-32)20(34)15-26-4/h11,13-14,17,26H,5-10,12,15H2,1-4H3,(H2,25,29,30)/t17-/m0/s1. The number of carbonyl (C=O) groups is 1. The molecule has 1 atom stereocenters. The first-order chi connectivity index (χ1) is 16.9. The quantitative estimate of drug-likeness (QED) is 0.467. The lowest BCUT2D eigenvalue weighted by molar-refractivity contribution is -0.130. The molecule has 4 heterocycles. The maximum absolute atomic E-state index is 12.1. The molecule has 3 aromatic heterocycles. The van der Waals surface area contributed by atoms with Crippen molar-refractivity contribution in [2.24, 2.45) is 0 Å². The van der Waals surface area contributed by atoms with E-state index in [-0.39, 0.29) is 18.0 Å². The number of anilines is 2. The van der Waals surface area contributed by atoms with Gasteiger partial charge in [0.2, 0.25) is 5.91 Å². The summed E-state index contributed by atoms with van der Waals surface area (Å²) in [4.78, 5) is 29.7. The van der Waals surface area contributed by atoms with Crippen molar-refractivity contribution in [1.29, 1.82) is 0 Å². The van der Waals surface area contributed by atoms with Crippen LogP contribution in [0.15, 0.2) is 18.5 Å². The fourth-order valence-electron chi connectivity index (χ4n) is 4.44. The van der Waals surface area contributed by atoms with E-state index in [9.17, 15) is 4.79 Å². The van der Waals surface area contributed by atoms with Gasteiger partial charge in [-0.3, -0.25) is 4.79 Å². The minimum atomic E-state index is 0.00603. The summed E-state index contributed by atoms with van der Waals surface area (Å²) < 4.78 is 7.57. The van der Waals surface area contributed by atoms with Crippen molar-refractivity contribution in [2.45, 2.75) is 46.1 Å². The summed E-state index contributed by atoms with van der Waals surface area (Å²) in [5.41, 5.74) is 9.67. The Bertz CT molecular complexity index is 1170. The Hall–Kier alpha value is -3.47. The van der Waals surface area contributed by atoms with Crippen LogP contribution >= 0.6 is 0 Å². The van der Waals surface area contributed by atoms with Crippen LogP contribution in [0.3, 0.4) is 0 Å². The number of nitrogens with one attached hydrogen (secondary N) is 1. The number of piperazine rings is 1. The third-order valence-corrected chi connectivity index (χ3v) is 6.19. The molecule has 3 N–H and O–H groups in total. The number of aromatic nitrogens is 5. The highest BCUT2D eigenvalue weighted by Crippen LogP contribution is 2.22. The lowest BCUT2D eigenvalue weighted by Crippen LogP contribution is -2.51. The van der Waals surface area contributed by atoms with E-state index in [2.05, 4.69) is 45.2 Å². The van der Waals surface area contributed by atoms with Crippen molar-refractivity contribution < 1.29 is 9.53 Å². The van der Waals surface area contributed by atoms with Crippen molar-refractivity contribution >= 4 is 23.2 Å². The van der Waals surface area contributed by atoms with Gasteiger partial charge in [0.25, 0.3) is 0 Å². The number of hydrogen-bond acceptors (Lipinski definition) is 9. The molecule has 11 nitrogen and oxygen atoms in total. The molecule has 1 fully saturated rings. The third kappa shape index (κ3) is 5.61. The average Bonchev–Trinajstić information content (AvgIpc) is 3.22. The van der Waals surface area contributed by atoms with Crippen LogP contribution in [-0.4, -0.2) is 81.2 Å². The van der Waals surface area contributed by atoms with Gasteiger partial charge in [-0.25, -0.2) is 14.5 Å². The largest absolute Gasteiger partial charge is 0.459 e. The van der Waals surface area contributed by atoms with Crippen LogP contribution in [0.5, 0.6) is 6.01 Å². The lowest BCUT2D eigenvalue weighted by Gasteiger charge is -2.36.